The number of carbonyl (C=O) groups is 4. The van der Waals surface area contributed by atoms with Crippen LogP contribution in [0.2, 0.25) is 0 Å². The highest BCUT2D eigenvalue weighted by Gasteiger charge is 2.47. The van der Waals surface area contributed by atoms with Crippen LogP contribution in [-0.2, 0) is 63.8 Å². The summed E-state index contributed by atoms with van der Waals surface area (Å²) in [4.78, 5) is 59.1. The number of rotatable bonds is 28. The lowest BCUT2D eigenvalue weighted by atomic mass is 9.79. The zero-order chi connectivity index (χ0) is 118. The Kier molecular flexibility index (Phi) is 21.6. The Morgan fingerprint density at radius 1 is 0.367 bits per heavy atom. The molecule has 0 radical (unpaired) electrons. The lowest BCUT2D eigenvalue weighted by Crippen LogP contribution is -2.51. The number of methoxy groups -OCH3 is 8. The molecular weight excluding hydrogens is 1520 g/mol. The average molecular weight is 1710 g/mol. The lowest BCUT2D eigenvalue weighted by molar-refractivity contribution is -0.161. The summed E-state index contributed by atoms with van der Waals surface area (Å²) in [6.45, 7) is 6.89. The Balaban J connectivity index is 0.000000227. The maximum Gasteiger partial charge on any atom is 0.323 e. The molecule has 0 aromatic heterocycles. The highest BCUT2D eigenvalue weighted by Crippen LogP contribution is 2.50. The molecule has 24 nitrogen and oxygen atoms in total. The molecule has 8 aliphatic heterocycles. The number of benzene rings is 4. The third-order valence-electron chi connectivity index (χ3n) is 23.4. The zero-order valence-electron chi connectivity index (χ0n) is 107. The number of hydrogen-bond donors (Lipinski definition) is 4. The summed E-state index contributed by atoms with van der Waals surface area (Å²) in [7, 11) is 3.33. The minimum atomic E-state index is -3.03. The van der Waals surface area contributed by atoms with Crippen molar-refractivity contribution >= 4 is 23.9 Å². The van der Waals surface area contributed by atoms with Gasteiger partial charge in [-0.15, -0.1) is 0 Å². The number of piperidine rings is 4. The van der Waals surface area contributed by atoms with Crippen molar-refractivity contribution in [3.8, 4) is 46.0 Å². The third-order valence-corrected chi connectivity index (χ3v) is 23.4. The van der Waals surface area contributed by atoms with Gasteiger partial charge in [0.1, 0.15) is 48.5 Å². The molecule has 0 aliphatic carbocycles. The molecule has 4 saturated heterocycles. The van der Waals surface area contributed by atoms with E-state index in [0.717, 1.165) is 49.9 Å². The lowest BCUT2D eigenvalue weighted by Gasteiger charge is -2.47. The minimum Gasteiger partial charge on any atom is -0.493 e. The molecule has 120 heavy (non-hydrogen) atoms. The molecule has 8 N–H and O–H groups in total. The van der Waals surface area contributed by atoms with Crippen LogP contribution in [0.5, 0.6) is 46.0 Å². The summed E-state index contributed by atoms with van der Waals surface area (Å²) in [5.74, 6) is -17.9. The average Bonchev–Trinajstić information content (AvgIpc) is 0.726. The van der Waals surface area contributed by atoms with Gasteiger partial charge in [0.05, 0.1) is 70.4 Å². The summed E-state index contributed by atoms with van der Waals surface area (Å²) in [5.41, 5.74) is 29.7. The van der Waals surface area contributed by atoms with Crippen LogP contribution in [0.3, 0.4) is 0 Å². The number of ether oxygens (including phenoxy) is 12. The second kappa shape index (κ2) is 43.9. The fourth-order valence-corrected chi connectivity index (χ4v) is 16.4. The van der Waals surface area contributed by atoms with Crippen molar-refractivity contribution in [2.45, 2.75) is 260 Å². The second-order valence-corrected chi connectivity index (χ2v) is 33.2. The molecule has 0 spiro atoms. The van der Waals surface area contributed by atoms with Crippen molar-refractivity contribution in [2.24, 2.45) is 93.9 Å². The molecule has 20 atom stereocenters. The number of hydrogen-bond acceptors (Lipinski definition) is 24. The summed E-state index contributed by atoms with van der Waals surface area (Å²) in [5, 5.41) is 0. The Bertz CT molecular complexity index is 5580. The first-order valence-corrected chi connectivity index (χ1v) is 41.1. The monoisotopic (exact) mass is 1710 g/mol. The minimum absolute atomic E-state index is 0.0168. The molecule has 0 amide bonds. The van der Waals surface area contributed by atoms with Gasteiger partial charge < -0.3 is 79.8 Å². The van der Waals surface area contributed by atoms with Gasteiger partial charge in [0, 0.05) is 159 Å². The molecule has 0 saturated carbocycles. The maximum atomic E-state index is 13.0. The molecule has 4 aromatic carbocycles. The van der Waals surface area contributed by atoms with Gasteiger partial charge in [-0.3, -0.25) is 38.8 Å². The van der Waals surface area contributed by atoms with E-state index in [1.54, 1.807) is 90.5 Å². The molecule has 8 heterocycles. The number of esters is 4. The predicted molar refractivity (Wildman–Crippen MR) is 471 cm³/mol. The summed E-state index contributed by atoms with van der Waals surface area (Å²) in [6.07, 6.45) is -16.5. The third kappa shape index (κ3) is 23.8. The fourth-order valence-electron chi connectivity index (χ4n) is 16.4. The predicted octanol–water partition coefficient (Wildman–Crippen LogP) is 14.3. The van der Waals surface area contributed by atoms with E-state index in [-0.39, 0.29) is 105 Å². The van der Waals surface area contributed by atoms with Crippen LogP contribution < -0.4 is 60.8 Å². The van der Waals surface area contributed by atoms with E-state index in [2.05, 4.69) is 0 Å². The first-order valence-electron chi connectivity index (χ1n) is 58.1. The van der Waals surface area contributed by atoms with Crippen molar-refractivity contribution < 1.29 is 123 Å². The smallest absolute Gasteiger partial charge is 0.323 e. The Hall–Kier alpha value is -7.16. The number of nitrogens with zero attached hydrogens (tertiary/aromatic N) is 4. The van der Waals surface area contributed by atoms with Crippen molar-refractivity contribution in [3.05, 3.63) is 93.0 Å². The van der Waals surface area contributed by atoms with Crippen molar-refractivity contribution in [2.75, 3.05) is 109 Å². The molecule has 4 fully saturated rings. The van der Waals surface area contributed by atoms with Crippen molar-refractivity contribution in [1.82, 2.24) is 19.6 Å². The number of nitrogens with two attached hydrogens (primary N) is 4. The highest BCUT2D eigenvalue weighted by atomic mass is 16.6. The fraction of sp³-hybridized carbons (Fsp3) is 0.708. The molecule has 16 unspecified atom stereocenters. The van der Waals surface area contributed by atoms with E-state index >= 15 is 0 Å². The highest BCUT2D eigenvalue weighted by molar-refractivity contribution is 5.77. The largest absolute Gasteiger partial charge is 0.493 e. The first kappa shape index (κ1) is 58.9. The topological polar surface area (TPSA) is 296 Å². The quantitative estimate of drug-likeness (QED) is 0.0303. The molecule has 24 heteroatoms. The van der Waals surface area contributed by atoms with Gasteiger partial charge in [-0.25, -0.2) is 0 Å². The van der Waals surface area contributed by atoms with Crippen LogP contribution in [0, 0.1) is 70.9 Å². The SMILES string of the molecule is [2H]C([2H])([2H])Oc1cc2c(cc1OC)C1([2H])CC(OC(=O)[C@@H](N)C(C)C)C(C([2H])([2H])C([2H])(C)C([2H])([2H])[2H])CN1CC2.[2H]C([2H])([2H])Oc1cc2c(cc1OC)C1CC([2H])(OC(=O)[C@@H](N)C(C)C)C(C([2H])([2H])C([2H])(C)C([2H])([2H])[2H])CN1CC2.[2H]C1(OC(=O)[C@@H](N)C(C)C)CC2c3cc(OC)c(OC)cc3CCN2CC1C([2H])([2H])C([2H])(C)C([2H])([2H])[2H].[2H]C12CC(OC(=O)[C@@H](N)C(C)C)C(C([2H])([2H])C([2H])(C)C([2H])([2H])[2H])CN1CCc1cc(OC)c(OC)cc12. The molecule has 8 aliphatic rings. The molecule has 4 aromatic rings. The van der Waals surface area contributed by atoms with Crippen LogP contribution in [0.25, 0.3) is 0 Å². The van der Waals surface area contributed by atoms with Gasteiger partial charge in [0.25, 0.3) is 0 Å². The molecule has 0 bridgehead atoms. The van der Waals surface area contributed by atoms with Gasteiger partial charge in [-0.2, -0.15) is 0 Å². The van der Waals surface area contributed by atoms with Crippen LogP contribution >= 0.6 is 0 Å². The van der Waals surface area contributed by atoms with E-state index in [0.29, 0.717) is 90.6 Å². The van der Waals surface area contributed by atoms with E-state index in [1.807, 2.05) is 28.0 Å². The number of fused-ring (bicyclic) bond motifs is 12. The molecule has 12 rings (SSSR count). The van der Waals surface area contributed by atoms with Crippen molar-refractivity contribution in [3.63, 3.8) is 0 Å². The second-order valence-electron chi connectivity index (χ2n) is 33.2. The van der Waals surface area contributed by atoms with E-state index < -0.39 is 211 Å². The van der Waals surface area contributed by atoms with Crippen LogP contribution in [0.15, 0.2) is 48.5 Å². The van der Waals surface area contributed by atoms with Crippen LogP contribution in [-0.4, -0.2) is 201 Å². The van der Waals surface area contributed by atoms with Gasteiger partial charge >= 0.3 is 23.9 Å². The maximum absolute atomic E-state index is 13.0. The Morgan fingerprint density at radius 2 is 0.617 bits per heavy atom. The standard InChI is InChI=1S/4C24H38N2O4/c4*1-14(2)9-17-13-26-8-7-16-10-21(28-5)22(29-6)11-18(16)19(26)12-20(17)30-24(27)23(25)15(3)4/h4*10-11,14-15,17,19-20,23H,7-9,12-13,25H2,1-6H3/t4*17?,19?,20?,23-/m0000/s1/i1D3,5D3,9D2,14D,20D;1D3,5D3,9D2,14D,19D;1D3,9D2,14D,20D;1D3,9D2,14D,19D/t4*14?,17?,19?,20?,23-. The zero-order valence-corrected chi connectivity index (χ0v) is 72.8. The summed E-state index contributed by atoms with van der Waals surface area (Å²) < 4.78 is 347. The van der Waals surface area contributed by atoms with Crippen LogP contribution in [0.4, 0.5) is 0 Å². The van der Waals surface area contributed by atoms with E-state index in [9.17, 15) is 24.7 Å². The summed E-state index contributed by atoms with van der Waals surface area (Å²) in [6, 6.07) is 5.25. The Morgan fingerprint density at radius 3 is 0.900 bits per heavy atom. The van der Waals surface area contributed by atoms with Crippen molar-refractivity contribution in [1.29, 1.82) is 0 Å². The van der Waals surface area contributed by atoms with Gasteiger partial charge in [-0.1, -0.05) is 110 Å². The first-order chi connectivity index (χ1) is 69.9. The van der Waals surface area contributed by atoms with E-state index in [1.165, 1.54) is 47.7 Å². The van der Waals surface area contributed by atoms with Gasteiger partial charge in [-0.05, 0) is 191 Å². The normalized spacial score (nSPS) is 34.6. The van der Waals surface area contributed by atoms with Gasteiger partial charge in [0.15, 0.2) is 46.0 Å². The van der Waals surface area contributed by atoms with E-state index in [4.69, 9.17) is 121 Å². The van der Waals surface area contributed by atoms with Crippen LogP contribution in [0.1, 0.15) is 277 Å². The molecule has 672 valence electrons. The van der Waals surface area contributed by atoms with Gasteiger partial charge in [0.2, 0.25) is 0 Å². The Labute approximate surface area is 766 Å². The summed E-state index contributed by atoms with van der Waals surface area (Å²) >= 11 is 0. The molecular formula is C96H152N8O16. The number of carbonyl (C=O) groups excluding carboxylic acids is 4.